The van der Waals surface area contributed by atoms with Crippen LogP contribution in [0.15, 0.2) is 54.7 Å². The van der Waals surface area contributed by atoms with E-state index in [-0.39, 0.29) is 29.8 Å². The van der Waals surface area contributed by atoms with Gasteiger partial charge in [-0.15, -0.1) is 0 Å². The largest absolute Gasteiger partial charge is 0.369 e. The fourth-order valence-electron chi connectivity index (χ4n) is 4.84. The van der Waals surface area contributed by atoms with Crippen LogP contribution in [0.1, 0.15) is 50.4 Å². The standard InChI is InChI=1S/C28H25Cl2FN4O5/c1-34(39-2)24(36)16-11-21-23(22(31)12-16)28(17-3-5-18(29)6-4-17,40-15-27(9-10-27)26(32)38)35(25(21)37)14-20-8-7-19(30)13-33-20/h3-8,11-13H,9-10,14-15H2,1-2H3,(H2,32,38)/t28-/m1/s1. The zero-order chi connectivity index (χ0) is 28.8. The topological polar surface area (TPSA) is 115 Å². The summed E-state index contributed by atoms with van der Waals surface area (Å²) in [4.78, 5) is 49.8. The van der Waals surface area contributed by atoms with Gasteiger partial charge in [0.1, 0.15) is 5.82 Å². The number of amides is 3. The van der Waals surface area contributed by atoms with Gasteiger partial charge in [-0.3, -0.25) is 29.1 Å². The first kappa shape index (κ1) is 28.0. The lowest BCUT2D eigenvalue weighted by molar-refractivity contribution is -0.142. The van der Waals surface area contributed by atoms with Gasteiger partial charge in [0.05, 0.1) is 47.5 Å². The second-order valence-electron chi connectivity index (χ2n) is 9.81. The first-order chi connectivity index (χ1) is 19.0. The van der Waals surface area contributed by atoms with Gasteiger partial charge in [0.15, 0.2) is 5.72 Å². The van der Waals surface area contributed by atoms with Crippen LogP contribution in [0.3, 0.4) is 0 Å². The molecule has 40 heavy (non-hydrogen) atoms. The minimum atomic E-state index is -1.85. The first-order valence-electron chi connectivity index (χ1n) is 12.3. The number of pyridine rings is 1. The zero-order valence-electron chi connectivity index (χ0n) is 21.6. The van der Waals surface area contributed by atoms with Crippen molar-refractivity contribution >= 4 is 40.9 Å². The van der Waals surface area contributed by atoms with E-state index in [1.54, 1.807) is 36.4 Å². The number of hydroxylamine groups is 2. The van der Waals surface area contributed by atoms with E-state index in [1.165, 1.54) is 31.3 Å². The molecule has 0 radical (unpaired) electrons. The van der Waals surface area contributed by atoms with Gasteiger partial charge in [0, 0.05) is 29.4 Å². The number of aromatic nitrogens is 1. The summed E-state index contributed by atoms with van der Waals surface area (Å²) in [5, 5.41) is 1.73. The third-order valence-corrected chi connectivity index (χ3v) is 7.84. The minimum absolute atomic E-state index is 0.0827. The van der Waals surface area contributed by atoms with E-state index in [2.05, 4.69) is 4.98 Å². The van der Waals surface area contributed by atoms with E-state index in [0.717, 1.165) is 11.1 Å². The molecule has 9 nitrogen and oxygen atoms in total. The number of nitrogens with two attached hydrogens (primary N) is 1. The monoisotopic (exact) mass is 586 g/mol. The van der Waals surface area contributed by atoms with Gasteiger partial charge in [-0.1, -0.05) is 35.3 Å². The number of rotatable bonds is 9. The molecule has 2 heterocycles. The summed E-state index contributed by atoms with van der Waals surface area (Å²) in [6, 6.07) is 12.0. The van der Waals surface area contributed by atoms with E-state index >= 15 is 4.39 Å². The molecule has 3 aromatic rings. The second kappa shape index (κ2) is 10.4. The molecule has 1 aliphatic heterocycles. The molecular weight excluding hydrogens is 562 g/mol. The number of hydrogen-bond acceptors (Lipinski definition) is 6. The molecule has 0 bridgehead atoms. The molecule has 3 amide bonds. The van der Waals surface area contributed by atoms with Crippen molar-refractivity contribution in [3.05, 3.63) is 98.5 Å². The average molecular weight is 587 g/mol. The highest BCUT2D eigenvalue weighted by molar-refractivity contribution is 6.30. The second-order valence-corrected chi connectivity index (χ2v) is 10.7. The lowest BCUT2D eigenvalue weighted by Crippen LogP contribution is -2.48. The smallest absolute Gasteiger partial charge is 0.277 e. The van der Waals surface area contributed by atoms with E-state index in [4.69, 9.17) is 38.5 Å². The van der Waals surface area contributed by atoms with Crippen molar-refractivity contribution in [3.63, 3.8) is 0 Å². The Bertz CT molecular complexity index is 1500. The summed E-state index contributed by atoms with van der Waals surface area (Å²) < 4.78 is 22.8. The van der Waals surface area contributed by atoms with E-state index < -0.39 is 34.7 Å². The maximum absolute atomic E-state index is 16.3. The molecule has 2 aromatic carbocycles. The van der Waals surface area contributed by atoms with Crippen LogP contribution in [0.25, 0.3) is 0 Å². The van der Waals surface area contributed by atoms with Gasteiger partial charge < -0.3 is 10.5 Å². The minimum Gasteiger partial charge on any atom is -0.369 e. The molecule has 1 saturated carbocycles. The number of carbonyl (C=O) groups is 3. The van der Waals surface area contributed by atoms with Crippen molar-refractivity contribution in [2.24, 2.45) is 11.1 Å². The molecule has 0 saturated heterocycles. The van der Waals surface area contributed by atoms with Crippen molar-refractivity contribution < 1.29 is 28.3 Å². The van der Waals surface area contributed by atoms with Crippen LogP contribution >= 0.6 is 23.2 Å². The normalized spacial score (nSPS) is 18.9. The summed E-state index contributed by atoms with van der Waals surface area (Å²) >= 11 is 12.2. The van der Waals surface area contributed by atoms with Crippen LogP contribution in [0.5, 0.6) is 0 Å². The van der Waals surface area contributed by atoms with Gasteiger partial charge in [-0.05, 0) is 49.2 Å². The number of fused-ring (bicyclic) bond motifs is 1. The Labute approximate surface area is 239 Å². The fourth-order valence-corrected chi connectivity index (χ4v) is 5.08. The summed E-state index contributed by atoms with van der Waals surface area (Å²) in [5.41, 5.74) is 3.42. The highest BCUT2D eigenvalue weighted by Gasteiger charge is 2.58. The third-order valence-electron chi connectivity index (χ3n) is 7.37. The number of nitrogens with zero attached hydrogens (tertiary/aromatic N) is 3. The Hall–Kier alpha value is -3.57. The number of ether oxygens (including phenoxy) is 1. The summed E-state index contributed by atoms with van der Waals surface area (Å²) in [5.74, 6) is -2.67. The van der Waals surface area contributed by atoms with Crippen molar-refractivity contribution in [3.8, 4) is 0 Å². The zero-order valence-corrected chi connectivity index (χ0v) is 23.1. The number of primary amides is 1. The van der Waals surface area contributed by atoms with E-state index in [0.29, 0.717) is 34.1 Å². The molecule has 1 aromatic heterocycles. The fraction of sp³-hybridized carbons (Fsp3) is 0.286. The van der Waals surface area contributed by atoms with Gasteiger partial charge in [0.25, 0.3) is 11.8 Å². The lowest BCUT2D eigenvalue weighted by Gasteiger charge is -2.40. The Morgan fingerprint density at radius 2 is 1.80 bits per heavy atom. The molecule has 2 N–H and O–H groups in total. The van der Waals surface area contributed by atoms with Gasteiger partial charge >= 0.3 is 0 Å². The quantitative estimate of drug-likeness (QED) is 0.374. The molecule has 1 fully saturated rings. The Kier molecular flexibility index (Phi) is 7.30. The molecule has 12 heteroatoms. The number of halogens is 3. The lowest BCUT2D eigenvalue weighted by atomic mass is 9.91. The van der Waals surface area contributed by atoms with Gasteiger partial charge in [-0.2, -0.15) is 0 Å². The van der Waals surface area contributed by atoms with Crippen molar-refractivity contribution in [1.29, 1.82) is 0 Å². The Morgan fingerprint density at radius 1 is 1.12 bits per heavy atom. The Balaban J connectivity index is 1.73. The summed E-state index contributed by atoms with van der Waals surface area (Å²) in [6.07, 6.45) is 2.43. The molecule has 2 aliphatic rings. The first-order valence-corrected chi connectivity index (χ1v) is 13.1. The third kappa shape index (κ3) is 4.71. The predicted octanol–water partition coefficient (Wildman–Crippen LogP) is 4.30. The molecular formula is C28H25Cl2FN4O5. The maximum atomic E-state index is 16.3. The highest BCUT2D eigenvalue weighted by Crippen LogP contribution is 2.52. The Morgan fingerprint density at radius 3 is 2.38 bits per heavy atom. The van der Waals surface area contributed by atoms with Crippen LogP contribution < -0.4 is 5.73 Å². The van der Waals surface area contributed by atoms with Gasteiger partial charge in [-0.25, -0.2) is 9.45 Å². The van der Waals surface area contributed by atoms with Gasteiger partial charge in [0.2, 0.25) is 5.91 Å². The molecule has 0 spiro atoms. The highest BCUT2D eigenvalue weighted by atomic mass is 35.5. The maximum Gasteiger partial charge on any atom is 0.277 e. The van der Waals surface area contributed by atoms with Crippen LogP contribution in [0, 0.1) is 11.2 Å². The van der Waals surface area contributed by atoms with Crippen molar-refractivity contribution in [1.82, 2.24) is 14.9 Å². The van der Waals surface area contributed by atoms with E-state index in [1.807, 2.05) is 0 Å². The molecule has 1 aliphatic carbocycles. The summed E-state index contributed by atoms with van der Waals surface area (Å²) in [7, 11) is 2.66. The molecule has 0 unspecified atom stereocenters. The van der Waals surface area contributed by atoms with Crippen LogP contribution in [-0.4, -0.2) is 53.4 Å². The molecule has 208 valence electrons. The summed E-state index contributed by atoms with van der Waals surface area (Å²) in [6.45, 7) is -0.285. The predicted molar refractivity (Wildman–Crippen MR) is 144 cm³/mol. The number of benzene rings is 2. The number of hydrogen-bond donors (Lipinski definition) is 1. The molecule has 1 atom stereocenters. The van der Waals surface area contributed by atoms with E-state index in [9.17, 15) is 14.4 Å². The van der Waals surface area contributed by atoms with Crippen LogP contribution in [0.4, 0.5) is 4.39 Å². The van der Waals surface area contributed by atoms with Crippen LogP contribution in [-0.2, 0) is 26.6 Å². The molecule has 5 rings (SSSR count). The van der Waals surface area contributed by atoms with Crippen molar-refractivity contribution in [2.45, 2.75) is 25.1 Å². The average Bonchev–Trinajstić information content (AvgIpc) is 3.70. The SMILES string of the molecule is CON(C)C(=O)c1cc(F)c2c(c1)C(=O)N(Cc1ccc(Cl)cn1)[C@@]2(OCC1(C(N)=O)CC1)c1ccc(Cl)cc1. The van der Waals surface area contributed by atoms with Crippen LogP contribution in [0.2, 0.25) is 10.0 Å². The number of carbonyl (C=O) groups excluding carboxylic acids is 3. The van der Waals surface area contributed by atoms with Crippen molar-refractivity contribution in [2.75, 3.05) is 20.8 Å².